The number of rotatable bonds is 3. The summed E-state index contributed by atoms with van der Waals surface area (Å²) in [7, 11) is 1.60. The smallest absolute Gasteiger partial charge is 0.408 e. The molecule has 1 aliphatic carbocycles. The van der Waals surface area contributed by atoms with E-state index in [-0.39, 0.29) is 18.6 Å². The van der Waals surface area contributed by atoms with E-state index >= 15 is 0 Å². The Bertz CT molecular complexity index is 1530. The molecule has 2 fully saturated rings. The molecule has 5 rings (SSSR count). The minimum Gasteiger partial charge on any atom is -0.497 e. The lowest BCUT2D eigenvalue weighted by Crippen LogP contribution is -2.58. The largest absolute Gasteiger partial charge is 0.497 e. The maximum Gasteiger partial charge on any atom is 0.408 e. The van der Waals surface area contributed by atoms with Gasteiger partial charge in [0.1, 0.15) is 41.3 Å². The number of allylic oxidation sites excluding steroid dienone is 1. The molecule has 1 aromatic carbocycles. The normalized spacial score (nSPS) is 27.9. The zero-order valence-electron chi connectivity index (χ0n) is 29.7. The second-order valence-corrected chi connectivity index (χ2v) is 15.4. The fraction of sp³-hybridized carbons (Fsp3) is 0.649. The van der Waals surface area contributed by atoms with Gasteiger partial charge in [0.25, 0.3) is 0 Å². The molecule has 3 aliphatic rings. The molecule has 3 heterocycles. The van der Waals surface area contributed by atoms with Crippen LogP contribution in [0.2, 0.25) is 0 Å². The number of benzene rings is 1. The molecule has 0 spiro atoms. The van der Waals surface area contributed by atoms with E-state index < -0.39 is 53.1 Å². The van der Waals surface area contributed by atoms with Crippen molar-refractivity contribution in [2.24, 2.45) is 17.3 Å². The Morgan fingerprint density at radius 1 is 1.00 bits per heavy atom. The Hall–Kier alpha value is -3.89. The number of esters is 1. The van der Waals surface area contributed by atoms with Gasteiger partial charge in [-0.2, -0.15) is 0 Å². The van der Waals surface area contributed by atoms with Gasteiger partial charge >= 0.3 is 12.1 Å². The molecular formula is C37H52N4O7. The number of methoxy groups -OCH3 is 1. The van der Waals surface area contributed by atoms with Crippen LogP contribution in [0.4, 0.5) is 4.79 Å². The van der Waals surface area contributed by atoms with Gasteiger partial charge in [-0.15, -0.1) is 0 Å². The standard InChI is InChI=1S/C37H52N4O7/c1-9-24-29-21-41(30(24)34(43)48-37(5,6)7)33(42)31(36(2,3)4)40-35(44)47-28-17-13-15-22(28)14-11-10-12-16-26-32(46-29)39-27-20-23(45-8)18-19-25(27)38-26/h12,16,18-20,22,24,28-31H,9-11,13-15,17,21H2,1-8H3,(H,40,44)/b16-12+/t22-,24-,28-,29+,30+,31-/m1/s1. The third kappa shape index (κ3) is 8.04. The third-order valence-corrected chi connectivity index (χ3v) is 9.57. The summed E-state index contributed by atoms with van der Waals surface area (Å²) in [6, 6.07) is 3.62. The van der Waals surface area contributed by atoms with Crippen molar-refractivity contribution >= 4 is 35.1 Å². The van der Waals surface area contributed by atoms with Crippen LogP contribution in [0.5, 0.6) is 11.6 Å². The quantitative estimate of drug-likeness (QED) is 0.367. The highest BCUT2D eigenvalue weighted by atomic mass is 16.6. The second-order valence-electron chi connectivity index (χ2n) is 15.4. The van der Waals surface area contributed by atoms with Crippen LogP contribution in [0.3, 0.4) is 0 Å². The van der Waals surface area contributed by atoms with Crippen molar-refractivity contribution < 1.29 is 33.3 Å². The number of hydrogen-bond donors (Lipinski definition) is 1. The second kappa shape index (κ2) is 14.3. The molecule has 0 radical (unpaired) electrons. The van der Waals surface area contributed by atoms with Crippen molar-refractivity contribution in [2.45, 2.75) is 123 Å². The van der Waals surface area contributed by atoms with Crippen LogP contribution in [-0.2, 0) is 19.1 Å². The fourth-order valence-electron chi connectivity index (χ4n) is 7.16. The monoisotopic (exact) mass is 664 g/mol. The molecule has 262 valence electrons. The van der Waals surface area contributed by atoms with Gasteiger partial charge < -0.3 is 29.2 Å². The number of ether oxygens (including phenoxy) is 4. The molecular weight excluding hydrogens is 612 g/mol. The molecule has 1 N–H and O–H groups in total. The first-order valence-electron chi connectivity index (χ1n) is 17.4. The van der Waals surface area contributed by atoms with Crippen LogP contribution in [0.1, 0.15) is 99.1 Å². The number of amides is 2. The van der Waals surface area contributed by atoms with E-state index in [4.69, 9.17) is 28.9 Å². The Kier molecular flexibility index (Phi) is 10.6. The molecule has 2 aromatic rings. The lowest BCUT2D eigenvalue weighted by atomic mass is 9.85. The first-order valence-corrected chi connectivity index (χ1v) is 17.4. The summed E-state index contributed by atoms with van der Waals surface area (Å²) in [4.78, 5) is 53.2. The van der Waals surface area contributed by atoms with Crippen LogP contribution in [-0.4, -0.2) is 76.4 Å². The lowest BCUT2D eigenvalue weighted by Gasteiger charge is -2.36. The minimum atomic E-state index is -0.962. The Morgan fingerprint density at radius 3 is 2.44 bits per heavy atom. The Morgan fingerprint density at radius 2 is 1.75 bits per heavy atom. The zero-order chi connectivity index (χ0) is 34.8. The summed E-state index contributed by atoms with van der Waals surface area (Å²) in [6.45, 7) is 13.1. The summed E-state index contributed by atoms with van der Waals surface area (Å²) in [5.74, 6) is -0.110. The Balaban J connectivity index is 1.60. The minimum absolute atomic E-state index is 0.0935. The number of hydrogen-bond acceptors (Lipinski definition) is 9. The number of carbonyl (C=O) groups is 3. The maximum absolute atomic E-state index is 14.6. The molecule has 2 bridgehead atoms. The topological polar surface area (TPSA) is 129 Å². The fourth-order valence-corrected chi connectivity index (χ4v) is 7.16. The van der Waals surface area contributed by atoms with E-state index in [0.29, 0.717) is 34.8 Å². The molecule has 0 unspecified atom stereocenters. The van der Waals surface area contributed by atoms with E-state index in [1.54, 1.807) is 27.9 Å². The highest BCUT2D eigenvalue weighted by Crippen LogP contribution is 2.37. The first kappa shape index (κ1) is 35.4. The number of carbonyl (C=O) groups excluding carboxylic acids is 3. The molecule has 1 aromatic heterocycles. The molecule has 1 saturated carbocycles. The van der Waals surface area contributed by atoms with Crippen LogP contribution >= 0.6 is 0 Å². The average Bonchev–Trinajstić information content (AvgIpc) is 3.61. The number of fused-ring (bicyclic) bond motifs is 5. The van der Waals surface area contributed by atoms with Gasteiger partial charge in [0.15, 0.2) is 0 Å². The van der Waals surface area contributed by atoms with Gasteiger partial charge in [0.05, 0.1) is 24.7 Å². The van der Waals surface area contributed by atoms with Crippen LogP contribution in [0, 0.1) is 17.3 Å². The molecule has 2 amide bonds. The summed E-state index contributed by atoms with van der Waals surface area (Å²) >= 11 is 0. The van der Waals surface area contributed by atoms with E-state index in [2.05, 4.69) is 11.4 Å². The van der Waals surface area contributed by atoms with Crippen molar-refractivity contribution in [3.8, 4) is 11.6 Å². The first-order chi connectivity index (χ1) is 22.7. The van der Waals surface area contributed by atoms with Crippen molar-refractivity contribution in [1.29, 1.82) is 0 Å². The van der Waals surface area contributed by atoms with E-state index in [1.807, 2.05) is 52.0 Å². The summed E-state index contributed by atoms with van der Waals surface area (Å²) < 4.78 is 24.0. The highest BCUT2D eigenvalue weighted by Gasteiger charge is 2.52. The van der Waals surface area contributed by atoms with Crippen LogP contribution in [0.15, 0.2) is 24.3 Å². The van der Waals surface area contributed by atoms with E-state index in [9.17, 15) is 14.4 Å². The molecule has 2 aliphatic heterocycles. The van der Waals surface area contributed by atoms with Crippen molar-refractivity contribution in [2.75, 3.05) is 13.7 Å². The van der Waals surface area contributed by atoms with Gasteiger partial charge in [0, 0.05) is 12.0 Å². The molecule has 11 nitrogen and oxygen atoms in total. The third-order valence-electron chi connectivity index (χ3n) is 9.57. The lowest BCUT2D eigenvalue weighted by molar-refractivity contribution is -0.165. The van der Waals surface area contributed by atoms with Crippen LogP contribution < -0.4 is 14.8 Å². The van der Waals surface area contributed by atoms with Gasteiger partial charge in [-0.1, -0.05) is 33.8 Å². The average molecular weight is 665 g/mol. The summed E-state index contributed by atoms with van der Waals surface area (Å²) in [5.41, 5.74) is 0.408. The van der Waals surface area contributed by atoms with Gasteiger partial charge in [-0.05, 0) is 95.3 Å². The predicted molar refractivity (Wildman–Crippen MR) is 183 cm³/mol. The summed E-state index contributed by atoms with van der Waals surface area (Å²) in [5, 5.41) is 2.90. The Labute approximate surface area is 284 Å². The number of aromatic nitrogens is 2. The van der Waals surface area contributed by atoms with Gasteiger partial charge in [-0.25, -0.2) is 19.6 Å². The van der Waals surface area contributed by atoms with Crippen molar-refractivity contribution in [1.82, 2.24) is 20.2 Å². The maximum atomic E-state index is 14.6. The summed E-state index contributed by atoms with van der Waals surface area (Å²) in [6.07, 6.45) is 8.55. The SMILES string of the molecule is CC[C@@H]1[C@@H]2CN(C(=O)[C@H](C(C)(C)C)NC(=O)O[C@@H]3CCC[C@H]3CCC/C=C/c3nc4ccc(OC)cc4nc3O2)[C@@H]1C(=O)OC(C)(C)C. The zero-order valence-corrected chi connectivity index (χ0v) is 29.7. The van der Waals surface area contributed by atoms with Crippen molar-refractivity contribution in [3.63, 3.8) is 0 Å². The number of nitrogens with zero attached hydrogens (tertiary/aromatic N) is 3. The molecule has 6 atom stereocenters. The molecule has 11 heteroatoms. The number of alkyl carbamates (subject to hydrolysis) is 1. The van der Waals surface area contributed by atoms with Gasteiger partial charge in [0.2, 0.25) is 11.8 Å². The predicted octanol–water partition coefficient (Wildman–Crippen LogP) is 6.47. The molecule has 1 saturated heterocycles. The molecule has 48 heavy (non-hydrogen) atoms. The van der Waals surface area contributed by atoms with E-state index in [0.717, 1.165) is 38.5 Å². The van der Waals surface area contributed by atoms with E-state index in [1.165, 1.54) is 4.90 Å². The number of nitrogens with one attached hydrogen (secondary N) is 1. The van der Waals surface area contributed by atoms with Gasteiger partial charge in [-0.3, -0.25) is 4.79 Å². The highest BCUT2D eigenvalue weighted by molar-refractivity contribution is 5.91. The van der Waals surface area contributed by atoms with Crippen molar-refractivity contribution in [3.05, 3.63) is 30.0 Å². The van der Waals surface area contributed by atoms with Crippen LogP contribution in [0.25, 0.3) is 17.1 Å².